The first kappa shape index (κ1) is 15.3. The minimum atomic E-state index is -1.68. The predicted octanol–water partition coefficient (Wildman–Crippen LogP) is 4.93. The van der Waals surface area contributed by atoms with Gasteiger partial charge in [0.2, 0.25) is 0 Å². The molecule has 3 nitrogen and oxygen atoms in total. The van der Waals surface area contributed by atoms with Crippen molar-refractivity contribution >= 4 is 45.2 Å². The molecule has 0 atom stereocenters. The van der Waals surface area contributed by atoms with Crippen molar-refractivity contribution in [3.63, 3.8) is 0 Å². The third-order valence-corrected chi connectivity index (χ3v) is 2.74. The quantitative estimate of drug-likeness (QED) is 0.630. The van der Waals surface area contributed by atoms with Gasteiger partial charge in [-0.25, -0.2) is 0 Å². The van der Waals surface area contributed by atoms with E-state index in [1.54, 1.807) is 0 Å². The van der Waals surface area contributed by atoms with Crippen LogP contribution in [0.2, 0.25) is 0 Å². The molecule has 18 heavy (non-hydrogen) atoms. The first-order valence-electron chi connectivity index (χ1n) is 5.09. The Hall–Kier alpha value is -0.748. The van der Waals surface area contributed by atoms with E-state index in [2.05, 4.69) is 20.2 Å². The average molecular weight is 293 g/mol. The fraction of sp³-hybridized carbons (Fsp3) is 0. The van der Waals surface area contributed by atoms with Crippen LogP contribution in [0.3, 0.4) is 0 Å². The Morgan fingerprint density at radius 2 is 1.11 bits per heavy atom. The second kappa shape index (κ2) is 9.22. The first-order chi connectivity index (χ1) is 8.84. The molecule has 2 aromatic rings. The van der Waals surface area contributed by atoms with Crippen molar-refractivity contribution in [1.29, 1.82) is 0 Å². The summed E-state index contributed by atoms with van der Waals surface area (Å²) in [7, 11) is 2.87. The zero-order valence-electron chi connectivity index (χ0n) is 9.52. The number of rotatable bonds is 4. The van der Waals surface area contributed by atoms with Crippen LogP contribution in [0.15, 0.2) is 60.7 Å². The minimum absolute atomic E-state index is 0.746. The molecule has 90 valence electrons. The maximum absolute atomic E-state index is 9.69. The summed E-state index contributed by atoms with van der Waals surface area (Å²) < 4.78 is 0. The summed E-state index contributed by atoms with van der Waals surface area (Å²) in [4.78, 5) is 9.69. The van der Waals surface area contributed by atoms with Gasteiger partial charge in [-0.3, -0.25) is 0 Å². The van der Waals surface area contributed by atoms with Gasteiger partial charge in [0.15, 0.2) is 0 Å². The summed E-state index contributed by atoms with van der Waals surface area (Å²) in [6.07, 6.45) is 0. The number of benzene rings is 2. The fourth-order valence-electron chi connectivity index (χ4n) is 1.22. The third kappa shape index (κ3) is 5.73. The molecule has 0 aliphatic carbocycles. The molecule has 0 unspecified atom stereocenters. The molecule has 0 saturated heterocycles. The van der Waals surface area contributed by atoms with Gasteiger partial charge in [-0.05, 0) is 0 Å². The Morgan fingerprint density at radius 1 is 0.778 bits per heavy atom. The van der Waals surface area contributed by atoms with Gasteiger partial charge in [-0.15, -0.1) is 11.4 Å². The molecule has 6 heteroatoms. The number of halogens is 1. The van der Waals surface area contributed by atoms with Crippen LogP contribution >= 0.6 is 18.5 Å². The van der Waals surface area contributed by atoms with Gasteiger partial charge >= 0.3 is 25.4 Å². The van der Waals surface area contributed by atoms with Gasteiger partial charge in [0.1, 0.15) is 0 Å². The monoisotopic (exact) mass is 292 g/mol. The fourth-order valence-corrected chi connectivity index (χ4v) is 1.94. The summed E-state index contributed by atoms with van der Waals surface area (Å²) in [5, 5.41) is 8.22. The van der Waals surface area contributed by atoms with Gasteiger partial charge in [0.25, 0.3) is 0 Å². The Labute approximate surface area is 121 Å². The molecular formula is C12H11AlClN2OP. The molecule has 0 saturated carbocycles. The van der Waals surface area contributed by atoms with Gasteiger partial charge in [0, 0.05) is 0 Å². The number of hydrogen-bond acceptors (Lipinski definition) is 1. The van der Waals surface area contributed by atoms with Crippen LogP contribution in [0, 0.1) is 0 Å². The molecule has 0 spiro atoms. The zero-order valence-corrected chi connectivity index (χ0v) is 12.3. The SMILES string of the molecule is OP([N-]c1ccccc1)[N-]c1ccccc1.[Al+2][Cl]. The van der Waals surface area contributed by atoms with Crippen molar-refractivity contribution in [2.75, 3.05) is 0 Å². The van der Waals surface area contributed by atoms with Crippen molar-refractivity contribution < 1.29 is 4.89 Å². The second-order valence-electron chi connectivity index (χ2n) is 3.14. The van der Waals surface area contributed by atoms with E-state index in [-0.39, 0.29) is 0 Å². The Bertz CT molecular complexity index is 391. The molecule has 2 rings (SSSR count). The Balaban J connectivity index is 0.000000771. The molecule has 2 aromatic carbocycles. The van der Waals surface area contributed by atoms with Crippen LogP contribution in [0.25, 0.3) is 10.2 Å². The topological polar surface area (TPSA) is 48.4 Å². The van der Waals surface area contributed by atoms with Gasteiger partial charge in [-0.2, -0.15) is 8.45 Å². The maximum atomic E-state index is 9.69. The zero-order chi connectivity index (χ0) is 13.2. The normalized spacial score (nSPS) is 9.39. The van der Waals surface area contributed by atoms with Crippen LogP contribution in [-0.2, 0) is 0 Å². The number of nitrogens with zero attached hydrogens (tertiary/aromatic N) is 2. The Morgan fingerprint density at radius 3 is 1.44 bits per heavy atom. The van der Waals surface area contributed by atoms with Crippen molar-refractivity contribution in [1.82, 2.24) is 0 Å². The first-order valence-corrected chi connectivity index (χ1v) is 8.03. The average Bonchev–Trinajstić information content (AvgIpc) is 2.43. The van der Waals surface area contributed by atoms with E-state index in [1.165, 1.54) is 0 Å². The van der Waals surface area contributed by atoms with Gasteiger partial charge in [0.05, 0.1) is 0 Å². The van der Waals surface area contributed by atoms with E-state index >= 15 is 0 Å². The van der Waals surface area contributed by atoms with E-state index in [0.29, 0.717) is 0 Å². The van der Waals surface area contributed by atoms with Crippen LogP contribution in [0.5, 0.6) is 0 Å². The second-order valence-corrected chi connectivity index (χ2v) is 4.08. The van der Waals surface area contributed by atoms with Crippen molar-refractivity contribution in [3.05, 3.63) is 70.8 Å². The molecule has 0 fully saturated rings. The van der Waals surface area contributed by atoms with Crippen LogP contribution < -0.4 is 0 Å². The van der Waals surface area contributed by atoms with E-state index in [4.69, 9.17) is 0 Å². The van der Waals surface area contributed by atoms with Crippen molar-refractivity contribution in [3.8, 4) is 0 Å². The number of hydrogen-bond donors (Lipinski definition) is 1. The molecule has 0 amide bonds. The molecule has 0 aliphatic heterocycles. The summed E-state index contributed by atoms with van der Waals surface area (Å²) in [5.41, 5.74) is 1.49. The van der Waals surface area contributed by atoms with Crippen LogP contribution in [0.1, 0.15) is 0 Å². The molecule has 0 aromatic heterocycles. The summed E-state index contributed by atoms with van der Waals surface area (Å²) in [5.74, 6) is 0. The molecular weight excluding hydrogens is 282 g/mol. The van der Waals surface area contributed by atoms with Crippen LogP contribution in [-0.4, -0.2) is 20.3 Å². The molecule has 0 aliphatic rings. The molecule has 0 radical (unpaired) electrons. The van der Waals surface area contributed by atoms with Crippen molar-refractivity contribution in [2.24, 2.45) is 0 Å². The summed E-state index contributed by atoms with van der Waals surface area (Å²) in [6.45, 7) is 0. The predicted molar refractivity (Wildman–Crippen MR) is 79.7 cm³/mol. The van der Waals surface area contributed by atoms with E-state index in [1.807, 2.05) is 76.0 Å². The molecule has 0 heterocycles. The summed E-state index contributed by atoms with van der Waals surface area (Å²) in [6, 6.07) is 18.7. The molecule has 1 N–H and O–H groups in total. The summed E-state index contributed by atoms with van der Waals surface area (Å²) >= 11 is 1.89. The Kier molecular flexibility index (Phi) is 7.84. The third-order valence-electron chi connectivity index (χ3n) is 1.92. The standard InChI is InChI=1S/C12H11N2OP.Al.ClH/c15-16(13-11-7-3-1-4-8-11)14-12-9-5-2-6-10-12;;/h1-10,15H;;1H/q-2;+3;/p-1. The van der Waals surface area contributed by atoms with E-state index < -0.39 is 8.45 Å². The van der Waals surface area contributed by atoms with Gasteiger partial charge < -0.3 is 15.1 Å². The van der Waals surface area contributed by atoms with E-state index in [9.17, 15) is 4.89 Å². The van der Waals surface area contributed by atoms with E-state index in [0.717, 1.165) is 11.4 Å². The van der Waals surface area contributed by atoms with Crippen molar-refractivity contribution in [2.45, 2.75) is 0 Å². The molecule has 0 bridgehead atoms. The van der Waals surface area contributed by atoms with Gasteiger partial charge in [-0.1, -0.05) is 60.7 Å². The van der Waals surface area contributed by atoms with Crippen LogP contribution in [0.4, 0.5) is 11.4 Å².